The van der Waals surface area contributed by atoms with Crippen molar-refractivity contribution in [2.45, 2.75) is 33.3 Å². The molecule has 0 saturated heterocycles. The van der Waals surface area contributed by atoms with Gasteiger partial charge in [0, 0.05) is 0 Å². The first-order chi connectivity index (χ1) is 8.61. The molecule has 19 heavy (non-hydrogen) atoms. The summed E-state index contributed by atoms with van der Waals surface area (Å²) in [5.41, 5.74) is -0.931. The minimum Gasteiger partial charge on any atom is -0.478 e. The molecule has 5 nitrogen and oxygen atoms in total. The number of carbonyl (C=O) groups excluding carboxylic acids is 1. The molecule has 1 aromatic carbocycles. The van der Waals surface area contributed by atoms with Crippen LogP contribution in [0, 0.1) is 12.7 Å². The lowest BCUT2D eigenvalue weighted by atomic mass is 10.1. The van der Waals surface area contributed by atoms with Crippen molar-refractivity contribution in [2.24, 2.45) is 0 Å². The number of ether oxygens (including phenoxy) is 2. The van der Waals surface area contributed by atoms with Crippen molar-refractivity contribution < 1.29 is 28.6 Å². The molecule has 0 radical (unpaired) electrons. The third-order valence-electron chi connectivity index (χ3n) is 2.11. The molecule has 6 heteroatoms. The lowest BCUT2D eigenvalue weighted by Gasteiger charge is -2.19. The van der Waals surface area contributed by atoms with Gasteiger partial charge in [0.2, 0.25) is 0 Å². The molecule has 0 aromatic heterocycles. The van der Waals surface area contributed by atoms with Crippen LogP contribution in [0.25, 0.3) is 0 Å². The van der Waals surface area contributed by atoms with Gasteiger partial charge in [0.1, 0.15) is 11.2 Å². The molecule has 0 unspecified atom stereocenters. The summed E-state index contributed by atoms with van der Waals surface area (Å²) in [5, 5.41) is 9.02. The van der Waals surface area contributed by atoms with Gasteiger partial charge in [-0.25, -0.2) is 14.0 Å². The fourth-order valence-corrected chi connectivity index (χ4v) is 1.38. The molecule has 0 atom stereocenters. The third-order valence-corrected chi connectivity index (χ3v) is 2.11. The number of aromatic carboxylic acids is 1. The summed E-state index contributed by atoms with van der Waals surface area (Å²) in [6.45, 7) is 6.31. The van der Waals surface area contributed by atoms with Gasteiger partial charge in [-0.2, -0.15) is 0 Å². The van der Waals surface area contributed by atoms with E-state index in [-0.39, 0.29) is 5.56 Å². The first kappa shape index (κ1) is 14.9. The topological polar surface area (TPSA) is 72.8 Å². The predicted molar refractivity (Wildman–Crippen MR) is 65.0 cm³/mol. The summed E-state index contributed by atoms with van der Waals surface area (Å²) in [5.74, 6) is -2.95. The standard InChI is InChI=1S/C13H15FO5/c1-7-5-6-8(14)10(9(7)11(15)16)18-12(17)19-13(2,3)4/h5-6H,1-4H3,(H,15,16). The Balaban J connectivity index is 3.10. The van der Waals surface area contributed by atoms with Crippen LogP contribution in [0.3, 0.4) is 0 Å². The maximum Gasteiger partial charge on any atom is 0.514 e. The van der Waals surface area contributed by atoms with Crippen LogP contribution in [0.15, 0.2) is 12.1 Å². The van der Waals surface area contributed by atoms with Gasteiger partial charge in [0.25, 0.3) is 0 Å². The highest BCUT2D eigenvalue weighted by Gasteiger charge is 2.24. The second kappa shape index (κ2) is 5.26. The average molecular weight is 270 g/mol. The smallest absolute Gasteiger partial charge is 0.478 e. The van der Waals surface area contributed by atoms with Crippen LogP contribution >= 0.6 is 0 Å². The molecular weight excluding hydrogens is 255 g/mol. The van der Waals surface area contributed by atoms with Crippen LogP contribution in [-0.2, 0) is 4.74 Å². The summed E-state index contributed by atoms with van der Waals surface area (Å²) in [7, 11) is 0. The van der Waals surface area contributed by atoms with E-state index in [1.807, 2.05) is 0 Å². The zero-order valence-corrected chi connectivity index (χ0v) is 11.1. The second-order valence-corrected chi connectivity index (χ2v) is 4.94. The van der Waals surface area contributed by atoms with Gasteiger partial charge in [-0.3, -0.25) is 0 Å². The molecule has 1 rings (SSSR count). The van der Waals surface area contributed by atoms with E-state index in [2.05, 4.69) is 4.74 Å². The number of rotatable bonds is 2. The van der Waals surface area contributed by atoms with E-state index in [0.29, 0.717) is 0 Å². The van der Waals surface area contributed by atoms with E-state index in [0.717, 1.165) is 6.07 Å². The first-order valence-corrected chi connectivity index (χ1v) is 5.55. The Kier molecular flexibility index (Phi) is 4.14. The molecule has 1 N–H and O–H groups in total. The van der Waals surface area contributed by atoms with Gasteiger partial charge in [-0.15, -0.1) is 0 Å². The molecule has 0 aliphatic heterocycles. The van der Waals surface area contributed by atoms with Crippen LogP contribution in [0.2, 0.25) is 0 Å². The maximum absolute atomic E-state index is 13.6. The highest BCUT2D eigenvalue weighted by molar-refractivity contribution is 5.93. The highest BCUT2D eigenvalue weighted by Crippen LogP contribution is 2.27. The molecule has 104 valence electrons. The summed E-state index contributed by atoms with van der Waals surface area (Å²) in [6.07, 6.45) is -1.15. The largest absolute Gasteiger partial charge is 0.514 e. The van der Waals surface area contributed by atoms with Crippen molar-refractivity contribution in [1.82, 2.24) is 0 Å². The molecule has 0 spiro atoms. The first-order valence-electron chi connectivity index (χ1n) is 5.55. The van der Waals surface area contributed by atoms with Gasteiger partial charge >= 0.3 is 12.1 Å². The maximum atomic E-state index is 13.6. The number of hydrogen-bond acceptors (Lipinski definition) is 4. The summed E-state index contributed by atoms with van der Waals surface area (Å²) < 4.78 is 23.1. The zero-order chi connectivity index (χ0) is 14.8. The quantitative estimate of drug-likeness (QED) is 0.660. The third kappa shape index (κ3) is 3.94. The Hall–Kier alpha value is -2.11. The van der Waals surface area contributed by atoms with Crippen LogP contribution in [0.4, 0.5) is 9.18 Å². The number of aryl methyl sites for hydroxylation is 1. The number of halogens is 1. The lowest BCUT2D eigenvalue weighted by molar-refractivity contribution is 0.0196. The van der Waals surface area contributed by atoms with Crippen LogP contribution in [0.5, 0.6) is 5.75 Å². The van der Waals surface area contributed by atoms with Gasteiger partial charge in [-0.1, -0.05) is 6.07 Å². The number of carboxylic acids is 1. The van der Waals surface area contributed by atoms with Crippen LogP contribution in [-0.4, -0.2) is 22.8 Å². The van der Waals surface area contributed by atoms with Crippen molar-refractivity contribution in [3.63, 3.8) is 0 Å². The van der Waals surface area contributed by atoms with Gasteiger partial charge in [-0.05, 0) is 39.3 Å². The van der Waals surface area contributed by atoms with E-state index < -0.39 is 34.9 Å². The van der Waals surface area contributed by atoms with Gasteiger partial charge in [0.05, 0.1) is 0 Å². The number of hydrogen-bond donors (Lipinski definition) is 1. The van der Waals surface area contributed by atoms with Crippen molar-refractivity contribution >= 4 is 12.1 Å². The van der Waals surface area contributed by atoms with E-state index >= 15 is 0 Å². The normalized spacial score (nSPS) is 11.0. The highest BCUT2D eigenvalue weighted by atomic mass is 19.1. The fourth-order valence-electron chi connectivity index (χ4n) is 1.38. The minimum absolute atomic E-state index is 0.285. The van der Waals surface area contributed by atoms with E-state index in [1.165, 1.54) is 13.0 Å². The molecular formula is C13H15FO5. The molecule has 1 aromatic rings. The van der Waals surface area contributed by atoms with Gasteiger partial charge < -0.3 is 14.6 Å². The lowest BCUT2D eigenvalue weighted by Crippen LogP contribution is -2.26. The van der Waals surface area contributed by atoms with Crippen LogP contribution < -0.4 is 4.74 Å². The zero-order valence-electron chi connectivity index (χ0n) is 11.1. The predicted octanol–water partition coefficient (Wildman–Crippen LogP) is 3.15. The molecule has 0 heterocycles. The van der Waals surface area contributed by atoms with E-state index in [1.54, 1.807) is 20.8 Å². The number of carbonyl (C=O) groups is 2. The van der Waals surface area contributed by atoms with Crippen molar-refractivity contribution in [3.05, 3.63) is 29.1 Å². The molecule has 0 aliphatic rings. The monoisotopic (exact) mass is 270 g/mol. The molecule has 0 saturated carbocycles. The Morgan fingerprint density at radius 2 is 1.84 bits per heavy atom. The molecule has 0 fully saturated rings. The SMILES string of the molecule is Cc1ccc(F)c(OC(=O)OC(C)(C)C)c1C(=O)O. The average Bonchev–Trinajstić information content (AvgIpc) is 2.20. The summed E-state index contributed by atoms with van der Waals surface area (Å²) in [4.78, 5) is 22.5. The molecule has 0 bridgehead atoms. The Bertz CT molecular complexity index is 517. The Labute approximate surface area is 109 Å². The fraction of sp³-hybridized carbons (Fsp3) is 0.385. The van der Waals surface area contributed by atoms with Crippen molar-refractivity contribution in [2.75, 3.05) is 0 Å². The Morgan fingerprint density at radius 1 is 1.26 bits per heavy atom. The molecule has 0 amide bonds. The second-order valence-electron chi connectivity index (χ2n) is 4.94. The number of benzene rings is 1. The minimum atomic E-state index is -1.38. The van der Waals surface area contributed by atoms with Crippen molar-refractivity contribution in [1.29, 1.82) is 0 Å². The van der Waals surface area contributed by atoms with E-state index in [4.69, 9.17) is 9.84 Å². The Morgan fingerprint density at radius 3 is 2.32 bits per heavy atom. The number of carboxylic acid groups (broad SMARTS) is 1. The molecule has 0 aliphatic carbocycles. The van der Waals surface area contributed by atoms with Crippen molar-refractivity contribution in [3.8, 4) is 5.75 Å². The van der Waals surface area contributed by atoms with E-state index in [9.17, 15) is 14.0 Å². The summed E-state index contributed by atoms with van der Waals surface area (Å²) in [6, 6.07) is 2.32. The summed E-state index contributed by atoms with van der Waals surface area (Å²) >= 11 is 0. The van der Waals surface area contributed by atoms with Crippen LogP contribution in [0.1, 0.15) is 36.7 Å². The van der Waals surface area contributed by atoms with Gasteiger partial charge in [0.15, 0.2) is 11.6 Å².